The molecular formula is C27H35N3O3S. The summed E-state index contributed by atoms with van der Waals surface area (Å²) in [6.07, 6.45) is 7.98. The Bertz CT molecular complexity index is 1250. The van der Waals surface area contributed by atoms with Gasteiger partial charge < -0.3 is 9.72 Å². The van der Waals surface area contributed by atoms with Gasteiger partial charge in [-0.3, -0.25) is 9.62 Å². The highest BCUT2D eigenvalue weighted by atomic mass is 32.2. The van der Waals surface area contributed by atoms with E-state index < -0.39 is 10.0 Å². The summed E-state index contributed by atoms with van der Waals surface area (Å²) in [4.78, 5) is 6.14. The van der Waals surface area contributed by atoms with Crippen molar-refractivity contribution in [1.82, 2.24) is 9.88 Å². The number of fused-ring (bicyclic) bond motifs is 3. The number of ether oxygens (including phenoxy) is 1. The van der Waals surface area contributed by atoms with E-state index in [-0.39, 0.29) is 17.8 Å². The Balaban J connectivity index is 1.36. The number of anilines is 1. The van der Waals surface area contributed by atoms with Crippen LogP contribution in [-0.2, 0) is 20.2 Å². The molecular weight excluding hydrogens is 446 g/mol. The average molecular weight is 482 g/mol. The summed E-state index contributed by atoms with van der Waals surface area (Å²) in [6, 6.07) is 17.5. The topological polar surface area (TPSA) is 74.4 Å². The Morgan fingerprint density at radius 1 is 1.21 bits per heavy atom. The lowest BCUT2D eigenvalue weighted by atomic mass is 9.63. The highest BCUT2D eigenvalue weighted by molar-refractivity contribution is 7.92. The van der Waals surface area contributed by atoms with Crippen LogP contribution in [0.2, 0.25) is 0 Å². The van der Waals surface area contributed by atoms with Gasteiger partial charge in [0, 0.05) is 42.0 Å². The zero-order valence-electron chi connectivity index (χ0n) is 20.1. The van der Waals surface area contributed by atoms with Crippen LogP contribution >= 0.6 is 0 Å². The van der Waals surface area contributed by atoms with Crippen LogP contribution in [0.1, 0.15) is 56.2 Å². The van der Waals surface area contributed by atoms with Gasteiger partial charge in [0.15, 0.2) is 0 Å². The standard InChI is InChI=1S/C27H35N3O3S/c1-20(25-19-28-26-11-4-3-10-24(25)26)30-14-13-27(12-6-9-23(30)18-27)21-7-5-8-22(17-21)29-34(31,32)16-15-33-2/h3-5,7-8,10-11,17,19-20,23,28-29H,6,9,12-16,18H2,1-2H3. The highest BCUT2D eigenvalue weighted by Gasteiger charge is 2.45. The van der Waals surface area contributed by atoms with E-state index >= 15 is 0 Å². The van der Waals surface area contributed by atoms with Gasteiger partial charge in [0.1, 0.15) is 0 Å². The molecule has 2 bridgehead atoms. The monoisotopic (exact) mass is 481 g/mol. The van der Waals surface area contributed by atoms with E-state index in [1.807, 2.05) is 12.1 Å². The molecule has 5 rings (SSSR count). The summed E-state index contributed by atoms with van der Waals surface area (Å²) < 4.78 is 32.4. The van der Waals surface area contributed by atoms with Crippen molar-refractivity contribution in [1.29, 1.82) is 0 Å². The van der Waals surface area contributed by atoms with Crippen molar-refractivity contribution in [3.05, 3.63) is 65.9 Å². The molecule has 3 atom stereocenters. The number of sulfonamides is 1. The molecule has 2 aromatic carbocycles. The van der Waals surface area contributed by atoms with Crippen molar-refractivity contribution in [2.45, 2.75) is 56.5 Å². The molecule has 1 aliphatic heterocycles. The average Bonchev–Trinajstić information content (AvgIpc) is 3.27. The molecule has 182 valence electrons. The molecule has 3 aromatic rings. The van der Waals surface area contributed by atoms with Crippen molar-refractivity contribution in [3.63, 3.8) is 0 Å². The van der Waals surface area contributed by atoms with E-state index in [4.69, 9.17) is 4.74 Å². The fourth-order valence-electron chi connectivity index (χ4n) is 6.24. The summed E-state index contributed by atoms with van der Waals surface area (Å²) in [7, 11) is -1.90. The zero-order valence-corrected chi connectivity index (χ0v) is 20.9. The first kappa shape index (κ1) is 23.4. The Morgan fingerprint density at radius 2 is 2.06 bits per heavy atom. The van der Waals surface area contributed by atoms with E-state index in [0.717, 1.165) is 19.4 Å². The number of hydrogen-bond donors (Lipinski definition) is 2. The second kappa shape index (κ2) is 9.36. The molecule has 0 amide bonds. The maximum Gasteiger partial charge on any atom is 0.234 e. The van der Waals surface area contributed by atoms with Crippen LogP contribution in [-0.4, -0.2) is 50.4 Å². The van der Waals surface area contributed by atoms with Crippen LogP contribution in [0.3, 0.4) is 0 Å². The number of piperidine rings is 1. The zero-order chi connectivity index (χ0) is 23.8. The first-order valence-electron chi connectivity index (χ1n) is 12.3. The molecule has 2 aliphatic rings. The van der Waals surface area contributed by atoms with Gasteiger partial charge in [-0.25, -0.2) is 8.42 Å². The van der Waals surface area contributed by atoms with Crippen molar-refractivity contribution in [3.8, 4) is 0 Å². The maximum absolute atomic E-state index is 12.4. The van der Waals surface area contributed by atoms with E-state index in [2.05, 4.69) is 64.1 Å². The van der Waals surface area contributed by atoms with Gasteiger partial charge in [-0.1, -0.05) is 36.8 Å². The second-order valence-corrected chi connectivity index (χ2v) is 11.8. The minimum Gasteiger partial charge on any atom is -0.384 e. The van der Waals surface area contributed by atoms with E-state index in [9.17, 15) is 8.42 Å². The Labute approximate surface area is 202 Å². The first-order valence-corrected chi connectivity index (χ1v) is 14.0. The molecule has 7 heteroatoms. The van der Waals surface area contributed by atoms with Crippen LogP contribution in [0.5, 0.6) is 0 Å². The predicted molar refractivity (Wildman–Crippen MR) is 138 cm³/mol. The smallest absolute Gasteiger partial charge is 0.234 e. The quantitative estimate of drug-likeness (QED) is 0.464. The number of rotatable bonds is 8. The van der Waals surface area contributed by atoms with E-state index in [1.54, 1.807) is 0 Å². The van der Waals surface area contributed by atoms with Gasteiger partial charge in [0.2, 0.25) is 10.0 Å². The number of para-hydroxylation sites is 1. The number of hydrogen-bond acceptors (Lipinski definition) is 4. The summed E-state index contributed by atoms with van der Waals surface area (Å²) >= 11 is 0. The van der Waals surface area contributed by atoms with Crippen LogP contribution < -0.4 is 4.72 Å². The summed E-state index contributed by atoms with van der Waals surface area (Å²) in [5, 5.41) is 1.32. The molecule has 2 fully saturated rings. The van der Waals surface area contributed by atoms with Gasteiger partial charge in [0.05, 0.1) is 12.4 Å². The van der Waals surface area contributed by atoms with Gasteiger partial charge in [-0.05, 0) is 73.9 Å². The predicted octanol–water partition coefficient (Wildman–Crippen LogP) is 5.20. The number of benzene rings is 2. The molecule has 1 aliphatic carbocycles. The Kier molecular flexibility index (Phi) is 6.44. The molecule has 0 spiro atoms. The van der Waals surface area contributed by atoms with Crippen LogP contribution in [0.15, 0.2) is 54.7 Å². The van der Waals surface area contributed by atoms with Crippen molar-refractivity contribution < 1.29 is 13.2 Å². The van der Waals surface area contributed by atoms with Crippen molar-refractivity contribution in [2.24, 2.45) is 0 Å². The molecule has 1 saturated heterocycles. The molecule has 2 N–H and O–H groups in total. The van der Waals surface area contributed by atoms with Crippen molar-refractivity contribution >= 4 is 26.6 Å². The number of nitrogens with zero attached hydrogens (tertiary/aromatic N) is 1. The lowest BCUT2D eigenvalue weighted by Gasteiger charge is -2.52. The van der Waals surface area contributed by atoms with Gasteiger partial charge >= 0.3 is 0 Å². The maximum atomic E-state index is 12.4. The third-order valence-electron chi connectivity index (χ3n) is 8.01. The van der Waals surface area contributed by atoms with Gasteiger partial charge in [0.25, 0.3) is 0 Å². The highest BCUT2D eigenvalue weighted by Crippen LogP contribution is 2.49. The third-order valence-corrected chi connectivity index (χ3v) is 9.26. The lowest BCUT2D eigenvalue weighted by Crippen LogP contribution is -2.52. The Hall–Kier alpha value is -2.35. The molecule has 1 aromatic heterocycles. The van der Waals surface area contributed by atoms with Gasteiger partial charge in [-0.2, -0.15) is 0 Å². The number of aromatic nitrogens is 1. The molecule has 2 heterocycles. The first-order chi connectivity index (χ1) is 16.4. The van der Waals surface area contributed by atoms with Crippen molar-refractivity contribution in [2.75, 3.05) is 30.7 Å². The summed E-state index contributed by atoms with van der Waals surface area (Å²) in [6.45, 7) is 3.58. The second-order valence-electron chi connectivity index (χ2n) is 9.98. The largest absolute Gasteiger partial charge is 0.384 e. The fourth-order valence-corrected chi connectivity index (χ4v) is 7.21. The molecule has 6 nitrogen and oxygen atoms in total. The molecule has 0 radical (unpaired) electrons. The Morgan fingerprint density at radius 3 is 2.91 bits per heavy atom. The van der Waals surface area contributed by atoms with Gasteiger partial charge in [-0.15, -0.1) is 0 Å². The fraction of sp³-hybridized carbons (Fsp3) is 0.481. The minimum atomic E-state index is -3.42. The van der Waals surface area contributed by atoms with Crippen LogP contribution in [0.4, 0.5) is 5.69 Å². The molecule has 1 saturated carbocycles. The van der Waals surface area contributed by atoms with E-state index in [1.165, 1.54) is 48.4 Å². The van der Waals surface area contributed by atoms with Crippen LogP contribution in [0, 0.1) is 0 Å². The van der Waals surface area contributed by atoms with E-state index in [0.29, 0.717) is 17.8 Å². The van der Waals surface area contributed by atoms with Crippen LogP contribution in [0.25, 0.3) is 10.9 Å². The SMILES string of the molecule is COCCS(=O)(=O)Nc1cccc(C23CCCC(C2)N(C(C)c2c[nH]c4ccccc24)CC3)c1. The third kappa shape index (κ3) is 4.49. The number of likely N-dealkylation sites (tertiary alicyclic amines) is 1. The summed E-state index contributed by atoms with van der Waals surface area (Å²) in [5.41, 5.74) is 4.61. The minimum absolute atomic E-state index is 0.0400. The summed E-state index contributed by atoms with van der Waals surface area (Å²) in [5.74, 6) is -0.0400. The number of aromatic amines is 1. The normalized spacial score (nSPS) is 24.2. The number of nitrogens with one attached hydrogen (secondary N) is 2. The number of H-pyrrole nitrogens is 1. The molecule has 34 heavy (non-hydrogen) atoms. The number of methoxy groups -OCH3 is 1. The lowest BCUT2D eigenvalue weighted by molar-refractivity contribution is 0.0247. The molecule has 3 unspecified atom stereocenters.